The Hall–Kier alpha value is -3.79. The summed E-state index contributed by atoms with van der Waals surface area (Å²) >= 11 is 0. The maximum Gasteiger partial charge on any atom is 0.416 e. The predicted molar refractivity (Wildman–Crippen MR) is 113 cm³/mol. The van der Waals surface area contributed by atoms with E-state index in [-0.39, 0.29) is 24.6 Å². The van der Waals surface area contributed by atoms with Gasteiger partial charge in [0.2, 0.25) is 0 Å². The number of pyridine rings is 1. The highest BCUT2D eigenvalue weighted by Gasteiger charge is 2.33. The molecule has 1 N–H and O–H groups in total. The van der Waals surface area contributed by atoms with Crippen molar-refractivity contribution in [1.82, 2.24) is 10.3 Å². The number of benzene rings is 2. The Morgan fingerprint density at radius 1 is 1.06 bits per heavy atom. The predicted octanol–water partition coefficient (Wildman–Crippen LogP) is 4.67. The summed E-state index contributed by atoms with van der Waals surface area (Å²) in [5.74, 6) is 2.22. The minimum Gasteiger partial charge on any atom is -0.356 e. The maximum absolute atomic E-state index is 13.3. The van der Waals surface area contributed by atoms with Crippen molar-refractivity contribution in [2.45, 2.75) is 19.3 Å². The zero-order chi connectivity index (χ0) is 22.3. The van der Waals surface area contributed by atoms with Gasteiger partial charge in [0.15, 0.2) is 0 Å². The summed E-state index contributed by atoms with van der Waals surface area (Å²) in [5.41, 5.74) is 1.37. The lowest BCUT2D eigenvalue weighted by atomic mass is 10.1. The second kappa shape index (κ2) is 9.81. The first kappa shape index (κ1) is 21.9. The number of terminal acetylenes is 1. The fourth-order valence-corrected chi connectivity index (χ4v) is 3.10. The van der Waals surface area contributed by atoms with Crippen molar-refractivity contribution in [2.24, 2.45) is 0 Å². The summed E-state index contributed by atoms with van der Waals surface area (Å²) in [6.45, 7) is 0.455. The van der Waals surface area contributed by atoms with Gasteiger partial charge in [0.25, 0.3) is 5.91 Å². The van der Waals surface area contributed by atoms with Crippen LogP contribution < -0.4 is 10.2 Å². The third-order valence-electron chi connectivity index (χ3n) is 4.64. The van der Waals surface area contributed by atoms with E-state index in [4.69, 9.17) is 6.42 Å². The molecule has 7 heteroatoms. The van der Waals surface area contributed by atoms with Crippen molar-refractivity contribution in [3.8, 4) is 12.3 Å². The Bertz CT molecular complexity index is 1060. The van der Waals surface area contributed by atoms with Crippen molar-refractivity contribution in [3.63, 3.8) is 0 Å². The highest BCUT2D eigenvalue weighted by atomic mass is 19.4. The van der Waals surface area contributed by atoms with Crippen LogP contribution in [0.5, 0.6) is 0 Å². The van der Waals surface area contributed by atoms with Gasteiger partial charge < -0.3 is 10.2 Å². The van der Waals surface area contributed by atoms with Crippen LogP contribution in [0.2, 0.25) is 0 Å². The van der Waals surface area contributed by atoms with Crippen molar-refractivity contribution >= 4 is 11.6 Å². The van der Waals surface area contributed by atoms with Gasteiger partial charge in [-0.25, -0.2) is 0 Å². The van der Waals surface area contributed by atoms with Crippen LogP contribution in [0.15, 0.2) is 73.1 Å². The molecular weight excluding hydrogens is 403 g/mol. The Morgan fingerprint density at radius 3 is 2.45 bits per heavy atom. The summed E-state index contributed by atoms with van der Waals surface area (Å²) in [6.07, 6.45) is 4.30. The van der Waals surface area contributed by atoms with Crippen LogP contribution >= 0.6 is 0 Å². The molecule has 158 valence electrons. The molecule has 3 aromatic rings. The Balaban J connectivity index is 1.73. The molecule has 1 amide bonds. The van der Waals surface area contributed by atoms with Crippen molar-refractivity contribution in [3.05, 3.63) is 95.3 Å². The molecule has 2 aromatic carbocycles. The summed E-state index contributed by atoms with van der Waals surface area (Å²) in [7, 11) is 0. The van der Waals surface area contributed by atoms with Crippen molar-refractivity contribution < 1.29 is 18.0 Å². The van der Waals surface area contributed by atoms with Gasteiger partial charge in [-0.3, -0.25) is 9.78 Å². The van der Waals surface area contributed by atoms with Crippen molar-refractivity contribution in [1.29, 1.82) is 0 Å². The third-order valence-corrected chi connectivity index (χ3v) is 4.64. The number of carbonyl (C=O) groups excluding carboxylic acids is 1. The number of halogens is 3. The van der Waals surface area contributed by atoms with E-state index in [1.807, 2.05) is 6.07 Å². The molecule has 31 heavy (non-hydrogen) atoms. The number of rotatable bonds is 7. The fourth-order valence-electron chi connectivity index (χ4n) is 3.10. The average Bonchev–Trinajstić information content (AvgIpc) is 2.77. The maximum atomic E-state index is 13.3. The zero-order valence-corrected chi connectivity index (χ0v) is 16.6. The molecule has 0 fully saturated rings. The number of nitrogens with one attached hydrogen (secondary N) is 1. The van der Waals surface area contributed by atoms with E-state index < -0.39 is 11.7 Å². The first-order valence-electron chi connectivity index (χ1n) is 9.49. The monoisotopic (exact) mass is 423 g/mol. The SMILES string of the molecule is C#CCN(Cc1ccccc1C(F)(F)F)c1ccc(C(=O)NCc2cccnc2)cc1. The molecule has 0 aliphatic rings. The normalized spacial score (nSPS) is 10.9. The smallest absolute Gasteiger partial charge is 0.356 e. The van der Waals surface area contributed by atoms with Crippen LogP contribution in [0, 0.1) is 12.3 Å². The highest BCUT2D eigenvalue weighted by molar-refractivity contribution is 5.94. The summed E-state index contributed by atoms with van der Waals surface area (Å²) in [4.78, 5) is 18.0. The highest BCUT2D eigenvalue weighted by Crippen LogP contribution is 2.33. The Kier molecular flexibility index (Phi) is 6.93. The molecule has 0 aliphatic carbocycles. The van der Waals surface area contributed by atoms with E-state index in [1.165, 1.54) is 12.1 Å². The second-order valence-electron chi connectivity index (χ2n) is 6.81. The van der Waals surface area contributed by atoms with Crippen LogP contribution in [0.1, 0.15) is 27.0 Å². The Labute approximate surface area is 178 Å². The van der Waals surface area contributed by atoms with Gasteiger partial charge in [0.05, 0.1) is 12.1 Å². The van der Waals surface area contributed by atoms with Crippen LogP contribution in [0.3, 0.4) is 0 Å². The van der Waals surface area contributed by atoms with Crippen LogP contribution in [-0.4, -0.2) is 17.4 Å². The van der Waals surface area contributed by atoms with Crippen LogP contribution in [-0.2, 0) is 19.3 Å². The fraction of sp³-hybridized carbons (Fsp3) is 0.167. The molecule has 0 aliphatic heterocycles. The largest absolute Gasteiger partial charge is 0.416 e. The van der Waals surface area contributed by atoms with E-state index in [0.29, 0.717) is 17.8 Å². The number of aromatic nitrogens is 1. The number of carbonyl (C=O) groups is 1. The van der Waals surface area contributed by atoms with Gasteiger partial charge in [0.1, 0.15) is 0 Å². The van der Waals surface area contributed by atoms with E-state index in [2.05, 4.69) is 16.2 Å². The molecular formula is C24H20F3N3O. The van der Waals surface area contributed by atoms with Gasteiger partial charge in [-0.1, -0.05) is 30.2 Å². The number of nitrogens with zero attached hydrogens (tertiary/aromatic N) is 2. The molecule has 0 radical (unpaired) electrons. The molecule has 4 nitrogen and oxygen atoms in total. The molecule has 0 atom stereocenters. The van der Waals surface area contributed by atoms with E-state index >= 15 is 0 Å². The molecule has 0 saturated heterocycles. The van der Waals surface area contributed by atoms with Gasteiger partial charge in [0, 0.05) is 36.7 Å². The summed E-state index contributed by atoms with van der Waals surface area (Å²) in [6, 6.07) is 15.6. The first-order valence-corrected chi connectivity index (χ1v) is 9.49. The standard InChI is InChI=1S/C24H20F3N3O/c1-2-14-30(17-20-7-3-4-8-22(20)24(25,26)27)21-11-9-19(10-12-21)23(31)29-16-18-6-5-13-28-15-18/h1,3-13,15H,14,16-17H2,(H,29,31). The molecule has 1 heterocycles. The zero-order valence-electron chi connectivity index (χ0n) is 16.6. The minimum atomic E-state index is -4.45. The van der Waals surface area contributed by atoms with Gasteiger partial charge in [-0.05, 0) is 47.5 Å². The van der Waals surface area contributed by atoms with E-state index in [9.17, 15) is 18.0 Å². The number of hydrogen-bond donors (Lipinski definition) is 1. The molecule has 0 saturated carbocycles. The van der Waals surface area contributed by atoms with Crippen LogP contribution in [0.4, 0.5) is 18.9 Å². The first-order chi connectivity index (χ1) is 14.9. The van der Waals surface area contributed by atoms with Gasteiger partial charge >= 0.3 is 6.18 Å². The topological polar surface area (TPSA) is 45.2 Å². The Morgan fingerprint density at radius 2 is 1.81 bits per heavy atom. The summed E-state index contributed by atoms with van der Waals surface area (Å²) in [5, 5.41) is 2.80. The third kappa shape index (κ3) is 5.86. The van der Waals surface area contributed by atoms with Gasteiger partial charge in [-0.15, -0.1) is 6.42 Å². The average molecular weight is 423 g/mol. The molecule has 0 spiro atoms. The minimum absolute atomic E-state index is 0.00751. The molecule has 1 aromatic heterocycles. The van der Waals surface area contributed by atoms with E-state index in [0.717, 1.165) is 11.6 Å². The van der Waals surface area contributed by atoms with Crippen molar-refractivity contribution in [2.75, 3.05) is 11.4 Å². The molecule has 0 unspecified atom stereocenters. The summed E-state index contributed by atoms with van der Waals surface area (Å²) < 4.78 is 40.0. The van der Waals surface area contributed by atoms with Gasteiger partial charge in [-0.2, -0.15) is 13.2 Å². The lowest BCUT2D eigenvalue weighted by Gasteiger charge is -2.24. The second-order valence-corrected chi connectivity index (χ2v) is 6.81. The number of anilines is 1. The number of hydrogen-bond acceptors (Lipinski definition) is 3. The molecule has 0 bridgehead atoms. The number of amides is 1. The van der Waals surface area contributed by atoms with Crippen LogP contribution in [0.25, 0.3) is 0 Å². The lowest BCUT2D eigenvalue weighted by molar-refractivity contribution is -0.138. The van der Waals surface area contributed by atoms with E-state index in [1.54, 1.807) is 53.7 Å². The number of alkyl halides is 3. The lowest BCUT2D eigenvalue weighted by Crippen LogP contribution is -2.25. The quantitative estimate of drug-likeness (QED) is 0.562. The molecule has 3 rings (SSSR count).